The molecule has 0 saturated carbocycles. The molecule has 0 radical (unpaired) electrons. The van der Waals surface area contributed by atoms with E-state index in [2.05, 4.69) is 0 Å². The summed E-state index contributed by atoms with van der Waals surface area (Å²) in [5.74, 6) is -3.31. The van der Waals surface area contributed by atoms with Crippen molar-refractivity contribution in [1.29, 1.82) is 0 Å². The predicted octanol–water partition coefficient (Wildman–Crippen LogP) is 2.91. The minimum absolute atomic E-state index is 0.0724. The van der Waals surface area contributed by atoms with Gasteiger partial charge in [0.05, 0.1) is 17.6 Å². The molecule has 0 unspecified atom stereocenters. The molecule has 134 valence electrons. The SMILES string of the molecule is COc1cc(/C=C2\C(=O)c3c(O)ccc(F)c3[C@@H]2C)cc([N+](=O)[O-])c1[O-]. The highest BCUT2D eigenvalue weighted by molar-refractivity contribution is 6.18. The second kappa shape index (κ2) is 6.14. The number of halogens is 1. The lowest BCUT2D eigenvalue weighted by atomic mass is 9.97. The van der Waals surface area contributed by atoms with Gasteiger partial charge in [0, 0.05) is 28.9 Å². The summed E-state index contributed by atoms with van der Waals surface area (Å²) in [5.41, 5.74) is -0.402. The average Bonchev–Trinajstić information content (AvgIpc) is 2.85. The standard InChI is InChI=1S/C18H14FNO6/c1-8-10(17(22)16-13(21)4-3-11(19)15(8)16)5-9-6-12(20(24)25)18(23)14(7-9)26-2/h3-8,21,23H,1-2H3/p-1/b10-5-/t8-/m1/s1. The molecule has 1 aliphatic rings. The first kappa shape index (κ1) is 17.4. The Morgan fingerprint density at radius 3 is 2.62 bits per heavy atom. The highest BCUT2D eigenvalue weighted by Gasteiger charge is 2.36. The Morgan fingerprint density at radius 1 is 1.35 bits per heavy atom. The van der Waals surface area contributed by atoms with E-state index < -0.39 is 33.9 Å². The maximum absolute atomic E-state index is 14.1. The van der Waals surface area contributed by atoms with Gasteiger partial charge in [0.25, 0.3) is 5.69 Å². The maximum atomic E-state index is 14.1. The minimum atomic E-state index is -0.877. The number of nitro groups is 1. The van der Waals surface area contributed by atoms with Gasteiger partial charge in [0.1, 0.15) is 17.3 Å². The lowest BCUT2D eigenvalue weighted by Crippen LogP contribution is -2.02. The van der Waals surface area contributed by atoms with E-state index in [0.717, 1.165) is 18.2 Å². The average molecular weight is 358 g/mol. The number of rotatable bonds is 3. The number of fused-ring (bicyclic) bond motifs is 1. The molecule has 8 heteroatoms. The van der Waals surface area contributed by atoms with E-state index in [1.807, 2.05) is 0 Å². The number of ether oxygens (including phenoxy) is 1. The molecule has 0 saturated heterocycles. The summed E-state index contributed by atoms with van der Waals surface area (Å²) in [4.78, 5) is 22.8. The van der Waals surface area contributed by atoms with Crippen molar-refractivity contribution in [2.24, 2.45) is 0 Å². The number of aromatic hydroxyl groups is 1. The van der Waals surface area contributed by atoms with E-state index in [1.165, 1.54) is 19.3 Å². The first-order chi connectivity index (χ1) is 12.3. The van der Waals surface area contributed by atoms with Gasteiger partial charge in [0.2, 0.25) is 0 Å². The number of carbonyl (C=O) groups excluding carboxylic acids is 1. The lowest BCUT2D eigenvalue weighted by molar-refractivity contribution is -0.398. The largest absolute Gasteiger partial charge is 0.865 e. The number of methoxy groups -OCH3 is 1. The van der Waals surface area contributed by atoms with Crippen LogP contribution in [0.25, 0.3) is 6.08 Å². The van der Waals surface area contributed by atoms with Crippen molar-refractivity contribution in [2.45, 2.75) is 12.8 Å². The third-order valence-corrected chi connectivity index (χ3v) is 4.36. The Balaban J connectivity index is 2.17. The van der Waals surface area contributed by atoms with Crippen LogP contribution in [0.4, 0.5) is 10.1 Å². The van der Waals surface area contributed by atoms with Crippen molar-refractivity contribution in [1.82, 2.24) is 0 Å². The fourth-order valence-electron chi connectivity index (χ4n) is 3.09. The van der Waals surface area contributed by atoms with Gasteiger partial charge in [-0.25, -0.2) is 4.39 Å². The number of allylic oxidation sites excluding steroid dienone is 1. The van der Waals surface area contributed by atoms with Crippen LogP contribution in [0.15, 0.2) is 29.8 Å². The van der Waals surface area contributed by atoms with Gasteiger partial charge in [-0.3, -0.25) is 14.9 Å². The maximum Gasteiger partial charge on any atom is 0.266 e. The number of nitro benzene ring substituents is 1. The number of benzene rings is 2. The molecular weight excluding hydrogens is 345 g/mol. The highest BCUT2D eigenvalue weighted by Crippen LogP contribution is 2.44. The molecule has 0 fully saturated rings. The fourth-order valence-corrected chi connectivity index (χ4v) is 3.09. The van der Waals surface area contributed by atoms with Gasteiger partial charge >= 0.3 is 0 Å². The van der Waals surface area contributed by atoms with Crippen LogP contribution in [0.3, 0.4) is 0 Å². The van der Waals surface area contributed by atoms with Gasteiger partial charge in [-0.05, 0) is 29.8 Å². The zero-order valence-corrected chi connectivity index (χ0v) is 13.8. The number of hydrogen-bond donors (Lipinski definition) is 1. The summed E-state index contributed by atoms with van der Waals surface area (Å²) in [5, 5.41) is 32.8. The Labute approximate surface area is 147 Å². The molecule has 0 spiro atoms. The van der Waals surface area contributed by atoms with E-state index >= 15 is 0 Å². The second-order valence-corrected chi connectivity index (χ2v) is 5.83. The van der Waals surface area contributed by atoms with Crippen molar-refractivity contribution in [3.63, 3.8) is 0 Å². The van der Waals surface area contributed by atoms with Crippen LogP contribution in [0.1, 0.15) is 34.3 Å². The Morgan fingerprint density at radius 2 is 2.04 bits per heavy atom. The van der Waals surface area contributed by atoms with E-state index in [9.17, 15) is 29.5 Å². The van der Waals surface area contributed by atoms with Crippen LogP contribution >= 0.6 is 0 Å². The van der Waals surface area contributed by atoms with Crippen molar-refractivity contribution in [2.75, 3.05) is 7.11 Å². The molecule has 1 aliphatic carbocycles. The second-order valence-electron chi connectivity index (χ2n) is 5.83. The van der Waals surface area contributed by atoms with E-state index in [4.69, 9.17) is 4.74 Å². The number of hydrogen-bond acceptors (Lipinski definition) is 6. The molecule has 0 aliphatic heterocycles. The first-order valence-corrected chi connectivity index (χ1v) is 7.57. The Bertz CT molecular complexity index is 982. The van der Waals surface area contributed by atoms with Crippen LogP contribution in [0.2, 0.25) is 0 Å². The predicted molar refractivity (Wildman–Crippen MR) is 87.9 cm³/mol. The van der Waals surface area contributed by atoms with Gasteiger partial charge < -0.3 is 14.9 Å². The molecular formula is C18H13FNO6-. The first-order valence-electron chi connectivity index (χ1n) is 7.57. The van der Waals surface area contributed by atoms with Gasteiger partial charge in [-0.2, -0.15) is 0 Å². The van der Waals surface area contributed by atoms with Gasteiger partial charge in [0.15, 0.2) is 5.78 Å². The molecule has 2 aromatic carbocycles. The smallest absolute Gasteiger partial charge is 0.266 e. The fraction of sp³-hybridized carbons (Fsp3) is 0.167. The topological polar surface area (TPSA) is 113 Å². The number of carbonyl (C=O) groups is 1. The van der Waals surface area contributed by atoms with E-state index in [0.29, 0.717) is 0 Å². The van der Waals surface area contributed by atoms with Crippen LogP contribution in [-0.2, 0) is 0 Å². The van der Waals surface area contributed by atoms with Gasteiger partial charge in [-0.15, -0.1) is 0 Å². The summed E-state index contributed by atoms with van der Waals surface area (Å²) >= 11 is 0. The quantitative estimate of drug-likeness (QED) is 0.513. The highest BCUT2D eigenvalue weighted by atomic mass is 19.1. The molecule has 26 heavy (non-hydrogen) atoms. The van der Waals surface area contributed by atoms with Crippen LogP contribution in [0.5, 0.6) is 17.2 Å². The normalized spacial score (nSPS) is 17.4. The zero-order chi connectivity index (χ0) is 19.2. The summed E-state index contributed by atoms with van der Waals surface area (Å²) < 4.78 is 19.0. The molecule has 0 bridgehead atoms. The van der Waals surface area contributed by atoms with Crippen molar-refractivity contribution in [3.8, 4) is 17.2 Å². The van der Waals surface area contributed by atoms with Crippen LogP contribution < -0.4 is 9.84 Å². The molecule has 0 amide bonds. The monoisotopic (exact) mass is 358 g/mol. The molecule has 1 atom stereocenters. The zero-order valence-electron chi connectivity index (χ0n) is 13.8. The van der Waals surface area contributed by atoms with Crippen molar-refractivity contribution in [3.05, 3.63) is 62.5 Å². The molecule has 0 aromatic heterocycles. The molecule has 3 rings (SSSR count). The Kier molecular flexibility index (Phi) is 4.11. The number of phenolic OH excluding ortho intramolecular Hbond substituents is 1. The van der Waals surface area contributed by atoms with Crippen molar-refractivity contribution < 1.29 is 29.1 Å². The van der Waals surface area contributed by atoms with Crippen molar-refractivity contribution >= 4 is 17.5 Å². The van der Waals surface area contributed by atoms with Gasteiger partial charge in [-0.1, -0.05) is 6.92 Å². The van der Waals surface area contributed by atoms with Crippen LogP contribution in [-0.4, -0.2) is 22.9 Å². The number of nitrogens with zero attached hydrogens (tertiary/aromatic N) is 1. The summed E-state index contributed by atoms with van der Waals surface area (Å²) in [7, 11) is 1.20. The number of phenols is 1. The number of ketones is 1. The lowest BCUT2D eigenvalue weighted by Gasteiger charge is -2.14. The minimum Gasteiger partial charge on any atom is -0.865 e. The van der Waals surface area contributed by atoms with E-state index in [1.54, 1.807) is 6.92 Å². The van der Waals surface area contributed by atoms with E-state index in [-0.39, 0.29) is 33.8 Å². The molecule has 0 heterocycles. The molecule has 7 nitrogen and oxygen atoms in total. The van der Waals surface area contributed by atoms with Crippen LogP contribution in [0, 0.1) is 15.9 Å². The summed E-state index contributed by atoms with van der Waals surface area (Å²) in [6, 6.07) is 4.46. The molecule has 1 N–H and O–H groups in total. The third-order valence-electron chi connectivity index (χ3n) is 4.36. The third kappa shape index (κ3) is 2.55. The number of Topliss-reactive ketones (excluding diaryl/α,β-unsaturated/α-hetero) is 1. The molecule has 2 aromatic rings. The Hall–Kier alpha value is -3.42. The summed E-state index contributed by atoms with van der Waals surface area (Å²) in [6.45, 7) is 1.59. The summed E-state index contributed by atoms with van der Waals surface area (Å²) in [6.07, 6.45) is 1.33.